The van der Waals surface area contributed by atoms with Gasteiger partial charge in [0.25, 0.3) is 0 Å². The maximum Gasteiger partial charge on any atom is 0.494 e. The lowest BCUT2D eigenvalue weighted by atomic mass is 9.79. The van der Waals surface area contributed by atoms with Crippen molar-refractivity contribution in [3.8, 4) is 5.69 Å². The highest BCUT2D eigenvalue weighted by molar-refractivity contribution is 6.62. The van der Waals surface area contributed by atoms with E-state index in [0.29, 0.717) is 0 Å². The molecular formula is C15H20BN3O2. The summed E-state index contributed by atoms with van der Waals surface area (Å²) >= 11 is 0. The number of aryl methyl sites for hydroxylation is 1. The number of aromatic nitrogens is 3. The second-order valence-corrected chi connectivity index (χ2v) is 6.43. The highest BCUT2D eigenvalue weighted by Gasteiger charge is 2.51. The predicted molar refractivity (Wildman–Crippen MR) is 81.8 cm³/mol. The Morgan fingerprint density at radius 1 is 1.10 bits per heavy atom. The summed E-state index contributed by atoms with van der Waals surface area (Å²) in [5, 5.41) is 7.94. The molecule has 0 unspecified atom stereocenters. The minimum Gasteiger partial charge on any atom is -0.399 e. The first kappa shape index (κ1) is 14.3. The van der Waals surface area contributed by atoms with Gasteiger partial charge in [-0.25, -0.2) is 0 Å². The molecule has 3 rings (SSSR count). The van der Waals surface area contributed by atoms with Gasteiger partial charge in [-0.3, -0.25) is 4.57 Å². The number of hydrogen-bond donors (Lipinski definition) is 0. The molecule has 0 spiro atoms. The van der Waals surface area contributed by atoms with Gasteiger partial charge >= 0.3 is 7.12 Å². The Morgan fingerprint density at radius 2 is 1.76 bits per heavy atom. The molecule has 110 valence electrons. The van der Waals surface area contributed by atoms with Gasteiger partial charge in [-0.05, 0) is 52.2 Å². The lowest BCUT2D eigenvalue weighted by Gasteiger charge is -2.32. The summed E-state index contributed by atoms with van der Waals surface area (Å²) in [7, 11) is -0.355. The van der Waals surface area contributed by atoms with Crippen molar-refractivity contribution in [1.29, 1.82) is 0 Å². The average molecular weight is 285 g/mol. The Hall–Kier alpha value is -1.66. The quantitative estimate of drug-likeness (QED) is 0.790. The number of nitrogens with zero attached hydrogens (tertiary/aromatic N) is 3. The molecule has 1 aliphatic rings. The Bertz CT molecular complexity index is 650. The Balaban J connectivity index is 1.94. The summed E-state index contributed by atoms with van der Waals surface area (Å²) in [4.78, 5) is 0. The molecule has 0 N–H and O–H groups in total. The molecule has 0 bridgehead atoms. The Labute approximate surface area is 125 Å². The number of hydrogen-bond acceptors (Lipinski definition) is 4. The topological polar surface area (TPSA) is 49.2 Å². The fraction of sp³-hybridized carbons (Fsp3) is 0.467. The standard InChI is InChI=1S/C15H20BN3O2/c1-11-18-17-10-19(11)13-8-6-7-12(9-13)16-20-14(2,3)15(4,5)21-16/h6-10H,1-5H3. The van der Waals surface area contributed by atoms with E-state index in [9.17, 15) is 0 Å². The van der Waals surface area contributed by atoms with E-state index in [-0.39, 0.29) is 18.3 Å². The maximum absolute atomic E-state index is 6.09. The van der Waals surface area contributed by atoms with Gasteiger partial charge in [0.15, 0.2) is 0 Å². The predicted octanol–water partition coefficient (Wildman–Crippen LogP) is 1.87. The molecular weight excluding hydrogens is 265 g/mol. The molecule has 1 saturated heterocycles. The zero-order chi connectivity index (χ0) is 15.3. The molecule has 0 saturated carbocycles. The molecule has 5 nitrogen and oxygen atoms in total. The van der Waals surface area contributed by atoms with Crippen LogP contribution in [-0.2, 0) is 9.31 Å². The average Bonchev–Trinajstić information content (AvgIpc) is 2.92. The summed E-state index contributed by atoms with van der Waals surface area (Å²) in [6.45, 7) is 10.2. The van der Waals surface area contributed by atoms with E-state index in [0.717, 1.165) is 17.0 Å². The van der Waals surface area contributed by atoms with Gasteiger partial charge < -0.3 is 9.31 Å². The molecule has 1 aromatic heterocycles. The molecule has 0 amide bonds. The summed E-state index contributed by atoms with van der Waals surface area (Å²) in [6.07, 6.45) is 1.71. The molecule has 2 aromatic rings. The zero-order valence-electron chi connectivity index (χ0n) is 13.1. The van der Waals surface area contributed by atoms with Crippen molar-refractivity contribution < 1.29 is 9.31 Å². The molecule has 21 heavy (non-hydrogen) atoms. The third-order valence-corrected chi connectivity index (χ3v) is 4.39. The third kappa shape index (κ3) is 2.38. The van der Waals surface area contributed by atoms with Crippen LogP contribution in [-0.4, -0.2) is 33.1 Å². The fourth-order valence-electron chi connectivity index (χ4n) is 2.35. The highest BCUT2D eigenvalue weighted by atomic mass is 16.7. The molecule has 2 heterocycles. The minimum atomic E-state index is -0.355. The Morgan fingerprint density at radius 3 is 2.33 bits per heavy atom. The van der Waals surface area contributed by atoms with Crippen LogP contribution >= 0.6 is 0 Å². The summed E-state index contributed by atoms with van der Waals surface area (Å²) in [6, 6.07) is 8.09. The fourth-order valence-corrected chi connectivity index (χ4v) is 2.35. The van der Waals surface area contributed by atoms with Crippen LogP contribution in [0.25, 0.3) is 5.69 Å². The van der Waals surface area contributed by atoms with E-state index in [1.165, 1.54) is 0 Å². The lowest BCUT2D eigenvalue weighted by molar-refractivity contribution is 0.00578. The zero-order valence-corrected chi connectivity index (χ0v) is 13.1. The van der Waals surface area contributed by atoms with Crippen molar-refractivity contribution >= 4 is 12.6 Å². The molecule has 1 aromatic carbocycles. The van der Waals surface area contributed by atoms with Gasteiger partial charge in [0.1, 0.15) is 12.2 Å². The van der Waals surface area contributed by atoms with Crippen LogP contribution in [0.1, 0.15) is 33.5 Å². The summed E-state index contributed by atoms with van der Waals surface area (Å²) < 4.78 is 14.1. The van der Waals surface area contributed by atoms with Crippen LogP contribution in [0, 0.1) is 6.92 Å². The van der Waals surface area contributed by atoms with Crippen molar-refractivity contribution in [3.05, 3.63) is 36.4 Å². The van der Waals surface area contributed by atoms with E-state index < -0.39 is 0 Å². The minimum absolute atomic E-state index is 0.333. The highest BCUT2D eigenvalue weighted by Crippen LogP contribution is 2.36. The molecule has 0 atom stereocenters. The summed E-state index contributed by atoms with van der Waals surface area (Å²) in [5.41, 5.74) is 1.34. The van der Waals surface area contributed by atoms with Gasteiger partial charge in [0, 0.05) is 5.69 Å². The molecule has 0 radical (unpaired) electrons. The Kier molecular flexibility index (Phi) is 3.18. The van der Waals surface area contributed by atoms with E-state index in [1.807, 2.05) is 29.7 Å². The van der Waals surface area contributed by atoms with Crippen molar-refractivity contribution in [2.45, 2.75) is 45.8 Å². The molecule has 6 heteroatoms. The van der Waals surface area contributed by atoms with Crippen molar-refractivity contribution in [3.63, 3.8) is 0 Å². The van der Waals surface area contributed by atoms with Crippen molar-refractivity contribution in [2.75, 3.05) is 0 Å². The van der Waals surface area contributed by atoms with E-state index in [2.05, 4.69) is 44.0 Å². The van der Waals surface area contributed by atoms with Gasteiger partial charge in [0.2, 0.25) is 0 Å². The van der Waals surface area contributed by atoms with Crippen LogP contribution in [0.15, 0.2) is 30.6 Å². The van der Waals surface area contributed by atoms with Gasteiger partial charge in [0.05, 0.1) is 11.2 Å². The monoisotopic (exact) mass is 285 g/mol. The van der Waals surface area contributed by atoms with E-state index in [4.69, 9.17) is 9.31 Å². The summed E-state index contributed by atoms with van der Waals surface area (Å²) in [5.74, 6) is 0.848. The van der Waals surface area contributed by atoms with Crippen LogP contribution in [0.5, 0.6) is 0 Å². The van der Waals surface area contributed by atoms with Crippen molar-refractivity contribution in [1.82, 2.24) is 14.8 Å². The van der Waals surface area contributed by atoms with Crippen LogP contribution < -0.4 is 5.46 Å². The first-order chi connectivity index (χ1) is 9.80. The SMILES string of the molecule is Cc1nncn1-c1cccc(B2OC(C)(C)C(C)(C)O2)c1. The van der Waals surface area contributed by atoms with Crippen LogP contribution in [0.2, 0.25) is 0 Å². The smallest absolute Gasteiger partial charge is 0.399 e. The van der Waals surface area contributed by atoms with Crippen LogP contribution in [0.3, 0.4) is 0 Å². The third-order valence-electron chi connectivity index (χ3n) is 4.39. The first-order valence-electron chi connectivity index (χ1n) is 7.13. The van der Waals surface area contributed by atoms with E-state index >= 15 is 0 Å². The largest absolute Gasteiger partial charge is 0.494 e. The molecule has 1 aliphatic heterocycles. The van der Waals surface area contributed by atoms with Crippen molar-refractivity contribution in [2.24, 2.45) is 0 Å². The first-order valence-corrected chi connectivity index (χ1v) is 7.13. The number of benzene rings is 1. The molecule has 1 fully saturated rings. The van der Waals surface area contributed by atoms with E-state index in [1.54, 1.807) is 6.33 Å². The van der Waals surface area contributed by atoms with Crippen LogP contribution in [0.4, 0.5) is 0 Å². The number of rotatable bonds is 2. The van der Waals surface area contributed by atoms with Gasteiger partial charge in [-0.15, -0.1) is 10.2 Å². The van der Waals surface area contributed by atoms with Gasteiger partial charge in [-0.2, -0.15) is 0 Å². The second-order valence-electron chi connectivity index (χ2n) is 6.43. The molecule has 0 aliphatic carbocycles. The normalized spacial score (nSPS) is 20.0. The maximum atomic E-state index is 6.09. The lowest BCUT2D eigenvalue weighted by Crippen LogP contribution is -2.41. The van der Waals surface area contributed by atoms with Gasteiger partial charge in [-0.1, -0.05) is 12.1 Å². The second kappa shape index (κ2) is 4.68.